The lowest BCUT2D eigenvalue weighted by Gasteiger charge is -2.42. The molecule has 0 aliphatic carbocycles. The molecule has 1 saturated heterocycles. The van der Waals surface area contributed by atoms with Crippen molar-refractivity contribution >= 4 is 11.6 Å². The van der Waals surface area contributed by atoms with Crippen molar-refractivity contribution in [2.24, 2.45) is 0 Å². The van der Waals surface area contributed by atoms with Crippen molar-refractivity contribution in [3.05, 3.63) is 185 Å². The van der Waals surface area contributed by atoms with Gasteiger partial charge >= 0.3 is 0 Å². The smallest absolute Gasteiger partial charge is 0.180 e. The van der Waals surface area contributed by atoms with Crippen molar-refractivity contribution in [2.45, 2.75) is 64.0 Å². The SMILES string of the molecule is C=CCOc1c(C2CC(OCc3ccccc3)[C@H](OCc3ccccc3)C(COCc3ccccc3)O2)cc(Cc2ccc(OCC)cc2)c(Cl)c1OCC=C. The third kappa shape index (κ3) is 11.3. The maximum absolute atomic E-state index is 7.20. The van der Waals surface area contributed by atoms with Crippen LogP contribution in [0.1, 0.15) is 52.8 Å². The minimum Gasteiger partial charge on any atom is -0.494 e. The standard InChI is InChI=1S/C48H51ClO7/c1-4-26-52-46-41(29-39(45(49)48(46)53-27-5-2)28-35-22-24-40(25-23-35)51-6-3)42-30-43(54-32-37-18-12-8-13-19-37)47(55-33-38-20-14-9-15-21-38)44(56-42)34-50-31-36-16-10-7-11-17-36/h4-5,7-25,29,42-44,47H,1-2,6,26-28,30-34H2,3H3/t42?,43?,44?,47-/m0/s1. The Morgan fingerprint density at radius 1 is 0.679 bits per heavy atom. The van der Waals surface area contributed by atoms with Crippen LogP contribution in [-0.2, 0) is 45.2 Å². The van der Waals surface area contributed by atoms with Gasteiger partial charge < -0.3 is 33.2 Å². The van der Waals surface area contributed by atoms with Gasteiger partial charge in [-0.15, -0.1) is 0 Å². The van der Waals surface area contributed by atoms with E-state index in [0.717, 1.165) is 39.1 Å². The Kier molecular flexibility index (Phi) is 15.6. The van der Waals surface area contributed by atoms with Gasteiger partial charge in [-0.05, 0) is 59.4 Å². The van der Waals surface area contributed by atoms with Crippen molar-refractivity contribution in [2.75, 3.05) is 26.4 Å². The van der Waals surface area contributed by atoms with Crippen molar-refractivity contribution in [3.8, 4) is 17.2 Å². The second-order valence-electron chi connectivity index (χ2n) is 13.5. The molecule has 0 bridgehead atoms. The van der Waals surface area contributed by atoms with Crippen LogP contribution in [0.2, 0.25) is 5.02 Å². The Morgan fingerprint density at radius 3 is 1.84 bits per heavy atom. The lowest BCUT2D eigenvalue weighted by molar-refractivity contribution is -0.222. The summed E-state index contributed by atoms with van der Waals surface area (Å²) in [5, 5.41) is 0.461. The average molecular weight is 775 g/mol. The first kappa shape index (κ1) is 40.8. The van der Waals surface area contributed by atoms with Gasteiger partial charge in [-0.2, -0.15) is 0 Å². The quantitative estimate of drug-likeness (QED) is 0.0688. The van der Waals surface area contributed by atoms with E-state index in [1.54, 1.807) is 12.2 Å². The summed E-state index contributed by atoms with van der Waals surface area (Å²) in [5.41, 5.74) is 5.90. The van der Waals surface area contributed by atoms with E-state index in [1.165, 1.54) is 0 Å². The van der Waals surface area contributed by atoms with Crippen LogP contribution in [0.25, 0.3) is 0 Å². The van der Waals surface area contributed by atoms with E-state index in [4.69, 9.17) is 44.8 Å². The third-order valence-electron chi connectivity index (χ3n) is 9.45. The summed E-state index contributed by atoms with van der Waals surface area (Å²) in [5.74, 6) is 1.73. The number of rotatable bonds is 21. The van der Waals surface area contributed by atoms with E-state index >= 15 is 0 Å². The number of hydrogen-bond donors (Lipinski definition) is 0. The molecule has 5 aromatic carbocycles. The molecule has 5 aromatic rings. The van der Waals surface area contributed by atoms with Gasteiger partial charge in [0.25, 0.3) is 0 Å². The van der Waals surface area contributed by atoms with E-state index in [1.807, 2.05) is 97.9 Å². The highest BCUT2D eigenvalue weighted by Gasteiger charge is 2.43. The van der Waals surface area contributed by atoms with E-state index in [9.17, 15) is 0 Å². The maximum atomic E-state index is 7.20. The molecule has 6 rings (SSSR count). The molecule has 1 aliphatic heterocycles. The molecule has 1 heterocycles. The van der Waals surface area contributed by atoms with Crippen molar-refractivity contribution in [1.82, 2.24) is 0 Å². The fourth-order valence-corrected chi connectivity index (χ4v) is 7.03. The Hall–Kier alpha value is -4.89. The zero-order valence-electron chi connectivity index (χ0n) is 32.0. The van der Waals surface area contributed by atoms with Gasteiger partial charge in [0.2, 0.25) is 0 Å². The normalized spacial score (nSPS) is 17.9. The van der Waals surface area contributed by atoms with Crippen molar-refractivity contribution in [3.63, 3.8) is 0 Å². The van der Waals surface area contributed by atoms with Crippen LogP contribution in [0.3, 0.4) is 0 Å². The second kappa shape index (κ2) is 21.4. The highest BCUT2D eigenvalue weighted by atomic mass is 35.5. The van der Waals surface area contributed by atoms with Gasteiger partial charge in [0.05, 0.1) is 50.3 Å². The Balaban J connectivity index is 1.39. The predicted octanol–water partition coefficient (Wildman–Crippen LogP) is 10.7. The van der Waals surface area contributed by atoms with Crippen LogP contribution >= 0.6 is 11.6 Å². The summed E-state index contributed by atoms with van der Waals surface area (Å²) in [6, 6.07) is 40.5. The zero-order chi connectivity index (χ0) is 39.0. The van der Waals surface area contributed by atoms with E-state index in [2.05, 4.69) is 43.5 Å². The summed E-state index contributed by atoms with van der Waals surface area (Å²) >= 11 is 7.20. The van der Waals surface area contributed by atoms with Crippen LogP contribution in [0.5, 0.6) is 17.2 Å². The Bertz CT molecular complexity index is 1940. The maximum Gasteiger partial charge on any atom is 0.180 e. The first-order valence-electron chi connectivity index (χ1n) is 19.2. The molecule has 1 aliphatic rings. The topological polar surface area (TPSA) is 64.6 Å². The van der Waals surface area contributed by atoms with Gasteiger partial charge in [0.15, 0.2) is 11.5 Å². The molecule has 3 unspecified atom stereocenters. The molecular weight excluding hydrogens is 724 g/mol. The van der Waals surface area contributed by atoms with Gasteiger partial charge in [-0.1, -0.05) is 140 Å². The lowest BCUT2D eigenvalue weighted by Crippen LogP contribution is -2.50. The van der Waals surface area contributed by atoms with Gasteiger partial charge in [-0.3, -0.25) is 0 Å². The zero-order valence-corrected chi connectivity index (χ0v) is 32.8. The molecule has 292 valence electrons. The van der Waals surface area contributed by atoms with E-state index < -0.39 is 18.3 Å². The summed E-state index contributed by atoms with van der Waals surface area (Å²) in [7, 11) is 0. The molecule has 0 radical (unpaired) electrons. The number of benzene rings is 5. The second-order valence-corrected chi connectivity index (χ2v) is 13.9. The monoisotopic (exact) mass is 774 g/mol. The first-order chi connectivity index (χ1) is 27.6. The lowest BCUT2D eigenvalue weighted by atomic mass is 9.91. The highest BCUT2D eigenvalue weighted by Crippen LogP contribution is 2.48. The summed E-state index contributed by atoms with van der Waals surface area (Å²) in [6.07, 6.45) is 2.56. The molecule has 1 fully saturated rings. The van der Waals surface area contributed by atoms with E-state index in [0.29, 0.717) is 55.8 Å². The van der Waals surface area contributed by atoms with Crippen LogP contribution in [0, 0.1) is 0 Å². The predicted molar refractivity (Wildman–Crippen MR) is 222 cm³/mol. The summed E-state index contributed by atoms with van der Waals surface area (Å²) in [4.78, 5) is 0. The molecule has 0 aromatic heterocycles. The molecule has 0 spiro atoms. The minimum absolute atomic E-state index is 0.232. The molecule has 8 heteroatoms. The van der Waals surface area contributed by atoms with Crippen molar-refractivity contribution < 1.29 is 33.2 Å². The van der Waals surface area contributed by atoms with Crippen molar-refractivity contribution in [1.29, 1.82) is 0 Å². The van der Waals surface area contributed by atoms with Crippen LogP contribution in [-0.4, -0.2) is 44.7 Å². The van der Waals surface area contributed by atoms with E-state index in [-0.39, 0.29) is 25.9 Å². The largest absolute Gasteiger partial charge is 0.494 e. The Labute approximate surface area is 336 Å². The fraction of sp³-hybridized carbons (Fsp3) is 0.292. The van der Waals surface area contributed by atoms with Gasteiger partial charge in [0, 0.05) is 12.0 Å². The van der Waals surface area contributed by atoms with Gasteiger partial charge in [0.1, 0.15) is 31.2 Å². The fourth-order valence-electron chi connectivity index (χ4n) is 6.77. The van der Waals surface area contributed by atoms with Crippen LogP contribution in [0.15, 0.2) is 147 Å². The molecule has 0 amide bonds. The molecule has 56 heavy (non-hydrogen) atoms. The molecule has 7 nitrogen and oxygen atoms in total. The molecular formula is C48H51ClO7. The third-order valence-corrected chi connectivity index (χ3v) is 9.86. The van der Waals surface area contributed by atoms with Crippen LogP contribution in [0.4, 0.5) is 0 Å². The molecule has 4 atom stereocenters. The van der Waals surface area contributed by atoms with Gasteiger partial charge in [-0.25, -0.2) is 0 Å². The molecule has 0 N–H and O–H groups in total. The van der Waals surface area contributed by atoms with Crippen LogP contribution < -0.4 is 14.2 Å². The summed E-state index contributed by atoms with van der Waals surface area (Å²) in [6.45, 7) is 12.3. The number of hydrogen-bond acceptors (Lipinski definition) is 7. The Morgan fingerprint density at radius 2 is 1.25 bits per heavy atom. The summed E-state index contributed by atoms with van der Waals surface area (Å²) < 4.78 is 45.4. The highest BCUT2D eigenvalue weighted by molar-refractivity contribution is 6.33. The molecule has 0 saturated carbocycles. The minimum atomic E-state index is -0.503. The first-order valence-corrected chi connectivity index (χ1v) is 19.6. The number of ether oxygens (including phenoxy) is 7. The average Bonchev–Trinajstić information content (AvgIpc) is 3.24. The number of halogens is 1.